The largest absolute Gasteiger partial charge is 0.467 e. The van der Waals surface area contributed by atoms with E-state index in [1.54, 1.807) is 39.0 Å². The molecule has 1 aromatic rings. The molecule has 0 saturated carbocycles. The van der Waals surface area contributed by atoms with Gasteiger partial charge in [-0.25, -0.2) is 14.0 Å². The summed E-state index contributed by atoms with van der Waals surface area (Å²) < 4.78 is 24.1. The summed E-state index contributed by atoms with van der Waals surface area (Å²) in [7, 11) is 2.81. The molecule has 9 heteroatoms. The molecular weight excluding hydrogens is 471 g/mol. The molecule has 1 saturated heterocycles. The van der Waals surface area contributed by atoms with Crippen LogP contribution in [0.3, 0.4) is 0 Å². The first-order valence-corrected chi connectivity index (χ1v) is 10.7. The van der Waals surface area contributed by atoms with E-state index < -0.39 is 34.9 Å². The minimum Gasteiger partial charge on any atom is -0.467 e. The van der Waals surface area contributed by atoms with Gasteiger partial charge in [0.2, 0.25) is 5.91 Å². The van der Waals surface area contributed by atoms with Crippen molar-refractivity contribution >= 4 is 40.0 Å². The molecule has 0 bridgehead atoms. The minimum atomic E-state index is -1.20. The normalized spacial score (nSPS) is 16.2. The zero-order valence-electron chi connectivity index (χ0n) is 18.4. The van der Waals surface area contributed by atoms with Gasteiger partial charge >= 0.3 is 12.1 Å². The van der Waals surface area contributed by atoms with E-state index in [0.717, 1.165) is 0 Å². The number of piperidine rings is 1. The molecule has 1 heterocycles. The average Bonchev–Trinajstić information content (AvgIpc) is 2.71. The van der Waals surface area contributed by atoms with Crippen LogP contribution >= 0.6 is 15.9 Å². The SMILES string of the molecule is COC(=O)C1(N(C)C(=O)C=Cc2ccc(F)c(Br)c2)CCN(C(=O)OC(C)(C)C)CC1. The lowest BCUT2D eigenvalue weighted by Gasteiger charge is -2.44. The van der Waals surface area contributed by atoms with Gasteiger partial charge in [0, 0.05) is 26.2 Å². The van der Waals surface area contributed by atoms with E-state index in [1.807, 2.05) is 0 Å². The standard InChI is InChI=1S/C22H28BrFN2O5/c1-21(2,3)31-20(29)26-12-10-22(11-13-26,19(28)30-5)25(4)18(27)9-7-15-6-8-17(24)16(23)14-15/h6-9,14H,10-13H2,1-5H3. The van der Waals surface area contributed by atoms with Crippen LogP contribution in [-0.4, -0.2) is 66.2 Å². The first-order valence-electron chi connectivity index (χ1n) is 9.87. The zero-order chi connectivity index (χ0) is 23.4. The fraction of sp³-hybridized carbons (Fsp3) is 0.500. The molecule has 1 fully saturated rings. The van der Waals surface area contributed by atoms with Crippen molar-refractivity contribution in [1.29, 1.82) is 0 Å². The van der Waals surface area contributed by atoms with Gasteiger partial charge in [-0.1, -0.05) is 6.07 Å². The predicted molar refractivity (Wildman–Crippen MR) is 118 cm³/mol. The Morgan fingerprint density at radius 1 is 1.23 bits per heavy atom. The molecule has 0 unspecified atom stereocenters. The summed E-state index contributed by atoms with van der Waals surface area (Å²) >= 11 is 3.11. The summed E-state index contributed by atoms with van der Waals surface area (Å²) in [5, 5.41) is 0. The van der Waals surface area contributed by atoms with E-state index >= 15 is 0 Å². The maximum atomic E-state index is 13.4. The molecule has 31 heavy (non-hydrogen) atoms. The molecule has 0 spiro atoms. The van der Waals surface area contributed by atoms with Gasteiger partial charge in [-0.05, 0) is 73.3 Å². The molecule has 0 atom stereocenters. The molecule has 1 aliphatic heterocycles. The van der Waals surface area contributed by atoms with Crippen LogP contribution in [0.1, 0.15) is 39.2 Å². The summed E-state index contributed by atoms with van der Waals surface area (Å²) in [4.78, 5) is 40.7. The van der Waals surface area contributed by atoms with Crippen LogP contribution in [0.2, 0.25) is 0 Å². The molecule has 0 N–H and O–H groups in total. The van der Waals surface area contributed by atoms with Crippen molar-refractivity contribution in [1.82, 2.24) is 9.80 Å². The van der Waals surface area contributed by atoms with Crippen LogP contribution in [0.25, 0.3) is 6.08 Å². The number of nitrogens with zero attached hydrogens (tertiary/aromatic N) is 2. The molecule has 1 aromatic carbocycles. The van der Waals surface area contributed by atoms with Gasteiger partial charge < -0.3 is 19.3 Å². The number of hydrogen-bond acceptors (Lipinski definition) is 5. The number of hydrogen-bond donors (Lipinski definition) is 0. The topological polar surface area (TPSA) is 76.2 Å². The highest BCUT2D eigenvalue weighted by Crippen LogP contribution is 2.31. The molecule has 2 amide bonds. The Hall–Kier alpha value is -2.42. The first-order chi connectivity index (χ1) is 14.4. The van der Waals surface area contributed by atoms with Crippen LogP contribution in [0, 0.1) is 5.82 Å². The Balaban J connectivity index is 2.15. The zero-order valence-corrected chi connectivity index (χ0v) is 20.0. The number of rotatable bonds is 4. The van der Waals surface area contributed by atoms with E-state index in [2.05, 4.69) is 15.9 Å². The Morgan fingerprint density at radius 2 is 1.84 bits per heavy atom. The average molecular weight is 499 g/mol. The molecular formula is C22H28BrFN2O5. The molecule has 7 nitrogen and oxygen atoms in total. The highest BCUT2D eigenvalue weighted by Gasteiger charge is 2.48. The molecule has 0 aliphatic carbocycles. The van der Waals surface area contributed by atoms with Gasteiger partial charge in [0.15, 0.2) is 0 Å². The Labute approximate surface area is 190 Å². The van der Waals surface area contributed by atoms with Gasteiger partial charge in [-0.15, -0.1) is 0 Å². The number of benzene rings is 1. The Kier molecular flexibility index (Phi) is 7.86. The van der Waals surface area contributed by atoms with Crippen molar-refractivity contribution in [3.05, 3.63) is 40.1 Å². The van der Waals surface area contributed by atoms with Crippen LogP contribution in [0.5, 0.6) is 0 Å². The van der Waals surface area contributed by atoms with Crippen molar-refractivity contribution in [2.24, 2.45) is 0 Å². The number of methoxy groups -OCH3 is 1. The van der Waals surface area contributed by atoms with E-state index in [1.165, 1.54) is 36.1 Å². The second kappa shape index (κ2) is 9.80. The number of carbonyl (C=O) groups excluding carboxylic acids is 3. The fourth-order valence-corrected chi connectivity index (χ4v) is 3.75. The summed E-state index contributed by atoms with van der Waals surface area (Å²) in [6.45, 7) is 5.84. The number of amides is 2. The third-order valence-electron chi connectivity index (χ3n) is 5.14. The van der Waals surface area contributed by atoms with E-state index in [-0.39, 0.29) is 30.4 Å². The quantitative estimate of drug-likeness (QED) is 0.463. The van der Waals surface area contributed by atoms with Crippen molar-refractivity contribution in [2.45, 2.75) is 44.8 Å². The maximum Gasteiger partial charge on any atom is 0.410 e. The highest BCUT2D eigenvalue weighted by molar-refractivity contribution is 9.10. The van der Waals surface area contributed by atoms with E-state index in [9.17, 15) is 18.8 Å². The smallest absolute Gasteiger partial charge is 0.410 e. The monoisotopic (exact) mass is 498 g/mol. The number of halogens is 2. The second-order valence-corrected chi connectivity index (χ2v) is 9.25. The Morgan fingerprint density at radius 3 is 2.35 bits per heavy atom. The molecule has 2 rings (SSSR count). The van der Waals surface area contributed by atoms with Gasteiger partial charge in [-0.2, -0.15) is 0 Å². The first kappa shape index (κ1) is 24.8. The van der Waals surface area contributed by atoms with E-state index in [0.29, 0.717) is 5.56 Å². The number of esters is 1. The lowest BCUT2D eigenvalue weighted by atomic mass is 9.85. The summed E-state index contributed by atoms with van der Waals surface area (Å²) in [5.74, 6) is -1.34. The lowest BCUT2D eigenvalue weighted by Crippen LogP contribution is -2.61. The number of likely N-dealkylation sites (N-methyl/N-ethyl adjacent to an activating group) is 1. The van der Waals surface area contributed by atoms with Crippen LogP contribution in [-0.2, 0) is 19.1 Å². The summed E-state index contributed by atoms with van der Waals surface area (Å²) in [5.41, 5.74) is -1.19. The number of carbonyl (C=O) groups is 3. The van der Waals surface area contributed by atoms with Crippen LogP contribution in [0.4, 0.5) is 9.18 Å². The van der Waals surface area contributed by atoms with Crippen LogP contribution in [0.15, 0.2) is 28.7 Å². The van der Waals surface area contributed by atoms with Crippen LogP contribution < -0.4 is 0 Å². The number of likely N-dealkylation sites (tertiary alicyclic amines) is 1. The van der Waals surface area contributed by atoms with Crippen molar-refractivity contribution in [2.75, 3.05) is 27.2 Å². The second-order valence-electron chi connectivity index (χ2n) is 8.39. The summed E-state index contributed by atoms with van der Waals surface area (Å²) in [6, 6.07) is 4.38. The Bertz CT molecular complexity index is 873. The van der Waals surface area contributed by atoms with Gasteiger partial charge in [0.25, 0.3) is 0 Å². The molecule has 170 valence electrons. The third kappa shape index (κ3) is 6.06. The molecule has 0 aromatic heterocycles. The molecule has 0 radical (unpaired) electrons. The third-order valence-corrected chi connectivity index (χ3v) is 5.75. The number of ether oxygens (including phenoxy) is 2. The lowest BCUT2D eigenvalue weighted by molar-refractivity contribution is -0.162. The van der Waals surface area contributed by atoms with Crippen molar-refractivity contribution in [3.8, 4) is 0 Å². The fourth-order valence-electron chi connectivity index (χ4n) is 3.36. The summed E-state index contributed by atoms with van der Waals surface area (Å²) in [6.07, 6.45) is 2.85. The molecule has 1 aliphatic rings. The predicted octanol–water partition coefficient (Wildman–Crippen LogP) is 4.00. The van der Waals surface area contributed by atoms with Gasteiger partial charge in [-0.3, -0.25) is 4.79 Å². The van der Waals surface area contributed by atoms with Gasteiger partial charge in [0.1, 0.15) is 17.0 Å². The maximum absolute atomic E-state index is 13.4. The minimum absolute atomic E-state index is 0.219. The van der Waals surface area contributed by atoms with Crippen molar-refractivity contribution < 1.29 is 28.2 Å². The highest BCUT2D eigenvalue weighted by atomic mass is 79.9. The van der Waals surface area contributed by atoms with Crippen molar-refractivity contribution in [3.63, 3.8) is 0 Å². The van der Waals surface area contributed by atoms with E-state index in [4.69, 9.17) is 9.47 Å². The van der Waals surface area contributed by atoms with Gasteiger partial charge in [0.05, 0.1) is 11.6 Å².